The van der Waals surface area contributed by atoms with Crippen LogP contribution in [0.3, 0.4) is 0 Å². The first-order valence-corrected chi connectivity index (χ1v) is 15.9. The fraction of sp³-hybridized carbons (Fsp3) is 0.455. The van der Waals surface area contributed by atoms with Crippen molar-refractivity contribution in [3.8, 4) is 11.5 Å². The first-order chi connectivity index (χ1) is 21.9. The van der Waals surface area contributed by atoms with Crippen LogP contribution in [-0.4, -0.2) is 47.0 Å². The fourth-order valence-electron chi connectivity index (χ4n) is 6.53. The monoisotopic (exact) mass is 781 g/mol. The first kappa shape index (κ1) is 36.7. The molecule has 14 heteroatoms. The molecule has 47 heavy (non-hydrogen) atoms. The Balaban J connectivity index is 1.65. The van der Waals surface area contributed by atoms with Crippen molar-refractivity contribution in [3.05, 3.63) is 67.3 Å². The summed E-state index contributed by atoms with van der Waals surface area (Å²) in [5, 5.41) is 32.1. The second-order valence-electron chi connectivity index (χ2n) is 11.8. The minimum atomic E-state index is -5.19. The maximum Gasteiger partial charge on any atom is 0.416 e. The lowest BCUT2D eigenvalue weighted by molar-refractivity contribution is -0.143. The van der Waals surface area contributed by atoms with Crippen LogP contribution in [0.5, 0.6) is 11.5 Å². The Morgan fingerprint density at radius 1 is 1.06 bits per heavy atom. The zero-order chi connectivity index (χ0) is 35.0. The predicted octanol–water partition coefficient (Wildman–Crippen LogP) is 7.50. The number of carbonyl (C=O) groups is 2. The average molecular weight is 782 g/mol. The van der Waals surface area contributed by atoms with Crippen LogP contribution in [0, 0.1) is 21.3 Å². The number of anilines is 1. The summed E-state index contributed by atoms with van der Waals surface area (Å²) < 4.78 is 87.3. The number of fused-ring (bicyclic) bond motifs is 1. The smallest absolute Gasteiger partial charge is 0.416 e. The van der Waals surface area contributed by atoms with E-state index >= 15 is 0 Å². The Labute approximate surface area is 281 Å². The van der Waals surface area contributed by atoms with Crippen molar-refractivity contribution >= 4 is 46.2 Å². The van der Waals surface area contributed by atoms with Crippen LogP contribution in [-0.2, 0) is 21.9 Å². The van der Waals surface area contributed by atoms with Gasteiger partial charge in [0, 0.05) is 5.92 Å². The number of ether oxygens (including phenoxy) is 1. The molecule has 2 aliphatic rings. The van der Waals surface area contributed by atoms with Crippen LogP contribution >= 0.6 is 22.6 Å². The van der Waals surface area contributed by atoms with E-state index in [0.29, 0.717) is 51.0 Å². The molecule has 7 nitrogen and oxygen atoms in total. The number of halogens is 7. The van der Waals surface area contributed by atoms with Gasteiger partial charge in [-0.3, -0.25) is 9.59 Å². The number of phenolic OH excluding ortho intramolecular Hbond substituents is 1. The number of allylic oxidation sites excluding steroid dienone is 2. The number of alkyl halides is 6. The minimum Gasteiger partial charge on any atom is -0.504 e. The van der Waals surface area contributed by atoms with E-state index in [9.17, 15) is 51.3 Å². The van der Waals surface area contributed by atoms with Crippen LogP contribution in [0.4, 0.5) is 32.0 Å². The van der Waals surface area contributed by atoms with E-state index in [2.05, 4.69) is 0 Å². The normalized spacial score (nSPS) is 21.4. The molecule has 2 amide bonds. The maximum absolute atomic E-state index is 13.7. The Morgan fingerprint density at radius 2 is 1.68 bits per heavy atom. The van der Waals surface area contributed by atoms with Crippen molar-refractivity contribution < 1.29 is 56.0 Å². The third-order valence-electron chi connectivity index (χ3n) is 8.62. The number of aliphatic hydroxyl groups excluding tert-OH is 2. The Morgan fingerprint density at radius 3 is 2.21 bits per heavy atom. The van der Waals surface area contributed by atoms with Crippen molar-refractivity contribution in [2.75, 3.05) is 18.6 Å². The lowest BCUT2D eigenvalue weighted by Crippen LogP contribution is -2.39. The van der Waals surface area contributed by atoms with Gasteiger partial charge < -0.3 is 20.1 Å². The van der Waals surface area contributed by atoms with Crippen LogP contribution < -0.4 is 9.64 Å². The summed E-state index contributed by atoms with van der Waals surface area (Å²) in [6.45, 7) is 3.01. The molecule has 0 radical (unpaired) electrons. The SMILES string of the molecule is CCCC1=C([C@H](O)CC/C(C)=C/c2cc(I)c(O)c(OC)c2)[C@H](CO)[C@@H]2C(=O)N(c3cc(C(F)(F)F)cc(C(F)(F)F)c3)C(=O)[C@@H]2C1. The molecule has 1 fully saturated rings. The number of imide groups is 1. The van der Waals surface area contributed by atoms with Crippen LogP contribution in [0.15, 0.2) is 47.1 Å². The third kappa shape index (κ3) is 7.64. The van der Waals surface area contributed by atoms with E-state index in [0.717, 1.165) is 11.1 Å². The molecular weight excluding hydrogens is 747 g/mol. The summed E-state index contributed by atoms with van der Waals surface area (Å²) in [7, 11) is 1.43. The van der Waals surface area contributed by atoms with Gasteiger partial charge in [0.15, 0.2) is 11.5 Å². The molecule has 256 valence electrons. The molecule has 4 atom stereocenters. The van der Waals surface area contributed by atoms with Gasteiger partial charge in [-0.15, -0.1) is 0 Å². The molecule has 1 aliphatic carbocycles. The first-order valence-electron chi connectivity index (χ1n) is 14.8. The fourth-order valence-corrected chi connectivity index (χ4v) is 7.15. The number of nitrogens with zero attached hydrogens (tertiary/aromatic N) is 1. The molecule has 1 saturated heterocycles. The molecule has 0 aromatic heterocycles. The quantitative estimate of drug-likeness (QED) is 0.0999. The summed E-state index contributed by atoms with van der Waals surface area (Å²) in [5.74, 6) is -5.18. The van der Waals surface area contributed by atoms with E-state index in [1.165, 1.54) is 7.11 Å². The van der Waals surface area contributed by atoms with Crippen molar-refractivity contribution in [3.63, 3.8) is 0 Å². The molecule has 1 aliphatic heterocycles. The van der Waals surface area contributed by atoms with Gasteiger partial charge in [-0.25, -0.2) is 4.90 Å². The molecule has 1 heterocycles. The number of aromatic hydroxyl groups is 1. The van der Waals surface area contributed by atoms with Gasteiger partial charge in [0.05, 0.1) is 52.0 Å². The van der Waals surface area contributed by atoms with Gasteiger partial charge in [0.2, 0.25) is 11.8 Å². The average Bonchev–Trinajstić information content (AvgIpc) is 3.24. The van der Waals surface area contributed by atoms with Crippen LogP contribution in [0.25, 0.3) is 6.08 Å². The number of amides is 2. The molecule has 0 unspecified atom stereocenters. The van der Waals surface area contributed by atoms with Crippen molar-refractivity contribution in [2.24, 2.45) is 17.8 Å². The second kappa shape index (κ2) is 14.2. The number of benzene rings is 2. The van der Waals surface area contributed by atoms with Crippen molar-refractivity contribution in [2.45, 2.75) is 64.4 Å². The number of hydrogen-bond acceptors (Lipinski definition) is 6. The van der Waals surface area contributed by atoms with Gasteiger partial charge in [-0.2, -0.15) is 26.3 Å². The molecule has 0 spiro atoms. The van der Waals surface area contributed by atoms with E-state index in [-0.39, 0.29) is 30.4 Å². The minimum absolute atomic E-state index is 0.00622. The second-order valence-corrected chi connectivity index (χ2v) is 13.0. The number of phenols is 1. The number of aliphatic hydroxyl groups is 2. The topological polar surface area (TPSA) is 107 Å². The molecule has 2 aromatic carbocycles. The predicted molar refractivity (Wildman–Crippen MR) is 169 cm³/mol. The molecule has 0 saturated carbocycles. The largest absolute Gasteiger partial charge is 0.504 e. The summed E-state index contributed by atoms with van der Waals surface area (Å²) in [6.07, 6.45) is -8.20. The van der Waals surface area contributed by atoms with Gasteiger partial charge in [-0.05, 0) is 96.7 Å². The van der Waals surface area contributed by atoms with Gasteiger partial charge in [-0.1, -0.05) is 30.6 Å². The standard InChI is InChI=1S/C33H34F6INO6/c1-4-5-18-11-22-28(31(46)41(30(22)45)21-13-19(32(34,35)36)12-20(14-21)33(37,38)39)23(15-42)27(18)25(43)7-6-16(2)8-17-9-24(40)29(44)26(10-17)47-3/h8-10,12-14,22-23,25,28,42-44H,4-7,11,15H2,1-3H3/b16-8+/t22-,23+,25-,28-/m1/s1. The van der Waals surface area contributed by atoms with E-state index in [4.69, 9.17) is 4.74 Å². The maximum atomic E-state index is 13.7. The summed E-state index contributed by atoms with van der Waals surface area (Å²) in [5.41, 5.74) is -1.59. The van der Waals surface area contributed by atoms with Gasteiger partial charge >= 0.3 is 12.4 Å². The summed E-state index contributed by atoms with van der Waals surface area (Å²) in [6, 6.07) is 4.00. The van der Waals surface area contributed by atoms with E-state index in [1.807, 2.05) is 42.5 Å². The van der Waals surface area contributed by atoms with Gasteiger partial charge in [0.1, 0.15) is 0 Å². The number of hydrogen-bond donors (Lipinski definition) is 3. The Hall–Kier alpha value is -3.11. The van der Waals surface area contributed by atoms with E-state index in [1.54, 1.807) is 12.1 Å². The van der Waals surface area contributed by atoms with Crippen molar-refractivity contribution in [1.29, 1.82) is 0 Å². The molecule has 4 rings (SSSR count). The lowest BCUT2D eigenvalue weighted by Gasteiger charge is -2.36. The lowest BCUT2D eigenvalue weighted by atomic mass is 9.67. The zero-order valence-electron chi connectivity index (χ0n) is 25.7. The van der Waals surface area contributed by atoms with Crippen LogP contribution in [0.1, 0.15) is 62.6 Å². The zero-order valence-corrected chi connectivity index (χ0v) is 27.8. The van der Waals surface area contributed by atoms with Crippen LogP contribution in [0.2, 0.25) is 0 Å². The van der Waals surface area contributed by atoms with Gasteiger partial charge in [0.25, 0.3) is 0 Å². The highest BCUT2D eigenvalue weighted by molar-refractivity contribution is 14.1. The molecule has 3 N–H and O–H groups in total. The third-order valence-corrected chi connectivity index (χ3v) is 9.44. The molecular formula is C33H34F6INO6. The number of methoxy groups -OCH3 is 1. The number of rotatable bonds is 10. The highest BCUT2D eigenvalue weighted by Crippen LogP contribution is 2.49. The molecule has 0 bridgehead atoms. The Kier molecular flexibility index (Phi) is 11.1. The van der Waals surface area contributed by atoms with E-state index < -0.39 is 71.4 Å². The summed E-state index contributed by atoms with van der Waals surface area (Å²) in [4.78, 5) is 27.7. The van der Waals surface area contributed by atoms with Crippen molar-refractivity contribution in [1.82, 2.24) is 0 Å². The highest BCUT2D eigenvalue weighted by atomic mass is 127. The highest BCUT2D eigenvalue weighted by Gasteiger charge is 2.55. The Bertz CT molecular complexity index is 1570. The molecule has 2 aromatic rings. The summed E-state index contributed by atoms with van der Waals surface area (Å²) >= 11 is 1.97. The number of carbonyl (C=O) groups excluding carboxylic acids is 2.